The van der Waals surface area contributed by atoms with Crippen molar-refractivity contribution in [1.29, 1.82) is 0 Å². The van der Waals surface area contributed by atoms with Gasteiger partial charge in [-0.05, 0) is 31.0 Å². The quantitative estimate of drug-likeness (QED) is 0.825. The molecule has 1 aromatic rings. The smallest absolute Gasteiger partial charge is 0.318 e. The molecule has 7 heteroatoms. The van der Waals surface area contributed by atoms with Crippen LogP contribution >= 0.6 is 0 Å². The highest BCUT2D eigenvalue weighted by atomic mass is 32.2. The predicted octanol–water partition coefficient (Wildman–Crippen LogP) is 1.49. The number of carboxylic acid groups (broad SMARTS) is 1. The van der Waals surface area contributed by atoms with Crippen molar-refractivity contribution in [2.75, 3.05) is 20.2 Å². The normalized spacial score (nSPS) is 11.6. The van der Waals surface area contributed by atoms with Crippen molar-refractivity contribution in [3.63, 3.8) is 0 Å². The number of benzene rings is 1. The number of methoxy groups -OCH3 is 1. The molecule has 0 aliphatic carbocycles. The number of nitrogens with zero attached hydrogens (tertiary/aromatic N) is 1. The lowest BCUT2D eigenvalue weighted by Gasteiger charge is -2.21. The van der Waals surface area contributed by atoms with Gasteiger partial charge in [-0.2, -0.15) is 4.31 Å². The minimum Gasteiger partial charge on any atom is -0.495 e. The molecule has 0 radical (unpaired) electrons. The van der Waals surface area contributed by atoms with E-state index in [1.54, 1.807) is 26.0 Å². The first-order chi connectivity index (χ1) is 9.32. The van der Waals surface area contributed by atoms with Gasteiger partial charge in [-0.15, -0.1) is 0 Å². The highest BCUT2D eigenvalue weighted by Gasteiger charge is 2.28. The van der Waals surface area contributed by atoms with Gasteiger partial charge >= 0.3 is 5.97 Å². The second-order valence-corrected chi connectivity index (χ2v) is 6.29. The van der Waals surface area contributed by atoms with Crippen LogP contribution in [0.1, 0.15) is 18.9 Å². The summed E-state index contributed by atoms with van der Waals surface area (Å²) in [5.74, 6) is -0.976. The van der Waals surface area contributed by atoms with Crippen LogP contribution < -0.4 is 4.74 Å². The fourth-order valence-electron chi connectivity index (χ4n) is 1.81. The van der Waals surface area contributed by atoms with Crippen molar-refractivity contribution in [3.05, 3.63) is 23.8 Å². The van der Waals surface area contributed by atoms with Crippen LogP contribution in [0, 0.1) is 6.92 Å². The highest BCUT2D eigenvalue weighted by Crippen LogP contribution is 2.27. The molecule has 1 rings (SSSR count). The molecule has 0 fully saturated rings. The third-order valence-corrected chi connectivity index (χ3v) is 4.59. The summed E-state index contributed by atoms with van der Waals surface area (Å²) < 4.78 is 31.2. The van der Waals surface area contributed by atoms with Crippen molar-refractivity contribution in [3.8, 4) is 5.75 Å². The van der Waals surface area contributed by atoms with Gasteiger partial charge in [-0.3, -0.25) is 4.79 Å². The van der Waals surface area contributed by atoms with Gasteiger partial charge in [0.15, 0.2) is 0 Å². The Balaban J connectivity index is 3.31. The van der Waals surface area contributed by atoms with Crippen molar-refractivity contribution in [1.82, 2.24) is 4.31 Å². The van der Waals surface area contributed by atoms with E-state index >= 15 is 0 Å². The standard InChI is InChI=1S/C13H19NO5S/c1-4-7-14(9-13(15)16)20(17,18)12-8-10(2)5-6-11(12)19-3/h5-6,8H,4,7,9H2,1-3H3,(H,15,16). The number of hydrogen-bond acceptors (Lipinski definition) is 4. The van der Waals surface area contributed by atoms with E-state index in [9.17, 15) is 13.2 Å². The Morgan fingerprint density at radius 3 is 2.55 bits per heavy atom. The van der Waals surface area contributed by atoms with E-state index in [1.165, 1.54) is 13.2 Å². The largest absolute Gasteiger partial charge is 0.495 e. The lowest BCUT2D eigenvalue weighted by Crippen LogP contribution is -2.36. The van der Waals surface area contributed by atoms with Gasteiger partial charge < -0.3 is 9.84 Å². The van der Waals surface area contributed by atoms with Crippen molar-refractivity contribution < 1.29 is 23.1 Å². The number of hydrogen-bond donors (Lipinski definition) is 1. The van der Waals surface area contributed by atoms with Gasteiger partial charge in [-0.1, -0.05) is 13.0 Å². The van der Waals surface area contributed by atoms with Crippen LogP contribution in [0.5, 0.6) is 5.75 Å². The number of aryl methyl sites for hydroxylation is 1. The molecule has 20 heavy (non-hydrogen) atoms. The van der Waals surface area contributed by atoms with E-state index in [0.717, 1.165) is 9.87 Å². The summed E-state index contributed by atoms with van der Waals surface area (Å²) in [6, 6.07) is 4.78. The molecule has 0 heterocycles. The van der Waals surface area contributed by atoms with Crippen LogP contribution in [-0.4, -0.2) is 44.0 Å². The van der Waals surface area contributed by atoms with Gasteiger partial charge in [-0.25, -0.2) is 8.42 Å². The van der Waals surface area contributed by atoms with Crippen molar-refractivity contribution in [2.45, 2.75) is 25.2 Å². The topological polar surface area (TPSA) is 83.9 Å². The summed E-state index contributed by atoms with van der Waals surface area (Å²) in [5.41, 5.74) is 0.760. The minimum atomic E-state index is -3.90. The van der Waals surface area contributed by atoms with E-state index in [0.29, 0.717) is 6.42 Å². The molecule has 0 amide bonds. The number of carbonyl (C=O) groups is 1. The molecule has 0 saturated heterocycles. The fraction of sp³-hybridized carbons (Fsp3) is 0.462. The minimum absolute atomic E-state index is 0.00491. The van der Waals surface area contributed by atoms with E-state index < -0.39 is 22.5 Å². The molecule has 0 bridgehead atoms. The predicted molar refractivity (Wildman–Crippen MR) is 74.4 cm³/mol. The summed E-state index contributed by atoms with van der Waals surface area (Å²) in [6.45, 7) is 3.14. The first-order valence-electron chi connectivity index (χ1n) is 6.19. The van der Waals surface area contributed by atoms with E-state index in [-0.39, 0.29) is 17.2 Å². The average molecular weight is 301 g/mol. The Labute approximate surface area is 119 Å². The van der Waals surface area contributed by atoms with Gasteiger partial charge in [0, 0.05) is 6.54 Å². The molecule has 1 aromatic carbocycles. The molecule has 0 unspecified atom stereocenters. The van der Waals surface area contributed by atoms with Gasteiger partial charge in [0.25, 0.3) is 0 Å². The lowest BCUT2D eigenvalue weighted by atomic mass is 10.2. The first kappa shape index (κ1) is 16.5. The molecule has 6 nitrogen and oxygen atoms in total. The molecule has 0 aliphatic rings. The van der Waals surface area contributed by atoms with Crippen molar-refractivity contribution in [2.24, 2.45) is 0 Å². The Bertz CT molecular complexity index is 582. The van der Waals surface area contributed by atoms with Crippen LogP contribution in [0.4, 0.5) is 0 Å². The summed E-state index contributed by atoms with van der Waals surface area (Å²) in [4.78, 5) is 10.8. The third-order valence-electron chi connectivity index (χ3n) is 2.72. The number of ether oxygens (including phenoxy) is 1. The second kappa shape index (κ2) is 6.71. The Hall–Kier alpha value is -1.60. The summed E-state index contributed by atoms with van der Waals surface area (Å²) in [6.07, 6.45) is 0.528. The SMILES string of the molecule is CCCN(CC(=O)O)S(=O)(=O)c1cc(C)ccc1OC. The summed E-state index contributed by atoms with van der Waals surface area (Å²) in [5, 5.41) is 8.86. The molecule has 0 saturated carbocycles. The van der Waals surface area contributed by atoms with Crippen LogP contribution in [0.25, 0.3) is 0 Å². The monoisotopic (exact) mass is 301 g/mol. The summed E-state index contributed by atoms with van der Waals surface area (Å²) in [7, 11) is -2.52. The Morgan fingerprint density at radius 2 is 2.05 bits per heavy atom. The van der Waals surface area contributed by atoms with Gasteiger partial charge in [0.05, 0.1) is 7.11 Å². The third kappa shape index (κ3) is 3.71. The molecule has 0 atom stereocenters. The molecule has 0 spiro atoms. The maximum atomic E-state index is 12.6. The molecular formula is C13H19NO5S. The summed E-state index contributed by atoms with van der Waals surface area (Å²) >= 11 is 0. The van der Waals surface area contributed by atoms with Crippen molar-refractivity contribution >= 4 is 16.0 Å². The van der Waals surface area contributed by atoms with E-state index in [4.69, 9.17) is 9.84 Å². The van der Waals surface area contributed by atoms with Crippen LogP contribution in [0.3, 0.4) is 0 Å². The first-order valence-corrected chi connectivity index (χ1v) is 7.63. The second-order valence-electron chi connectivity index (χ2n) is 4.39. The number of aliphatic carboxylic acids is 1. The Morgan fingerprint density at radius 1 is 1.40 bits per heavy atom. The maximum absolute atomic E-state index is 12.6. The van der Waals surface area contributed by atoms with E-state index in [2.05, 4.69) is 0 Å². The lowest BCUT2D eigenvalue weighted by molar-refractivity contribution is -0.137. The van der Waals surface area contributed by atoms with Crippen LogP contribution in [0.2, 0.25) is 0 Å². The molecule has 0 aromatic heterocycles. The van der Waals surface area contributed by atoms with E-state index in [1.807, 2.05) is 0 Å². The zero-order valence-corrected chi connectivity index (χ0v) is 12.6. The molecule has 1 N–H and O–H groups in total. The maximum Gasteiger partial charge on any atom is 0.318 e. The zero-order valence-electron chi connectivity index (χ0n) is 11.8. The average Bonchev–Trinajstić information content (AvgIpc) is 2.37. The fourth-order valence-corrected chi connectivity index (χ4v) is 3.53. The van der Waals surface area contributed by atoms with Gasteiger partial charge in [0.1, 0.15) is 17.2 Å². The highest BCUT2D eigenvalue weighted by molar-refractivity contribution is 7.89. The molecule has 0 aliphatic heterocycles. The number of sulfonamides is 1. The number of carboxylic acids is 1. The van der Waals surface area contributed by atoms with Crippen LogP contribution in [0.15, 0.2) is 23.1 Å². The Kier molecular flexibility index (Phi) is 5.52. The zero-order chi connectivity index (χ0) is 15.3. The molecular weight excluding hydrogens is 282 g/mol. The van der Waals surface area contributed by atoms with Crippen LogP contribution in [-0.2, 0) is 14.8 Å². The molecule has 112 valence electrons. The van der Waals surface area contributed by atoms with Gasteiger partial charge in [0.2, 0.25) is 10.0 Å². The number of rotatable bonds is 7.